The zero-order chi connectivity index (χ0) is 7.11. The molecular formula is C5H3Cl2NPd. The van der Waals surface area contributed by atoms with E-state index < -0.39 is 0 Å². The van der Waals surface area contributed by atoms with Gasteiger partial charge in [-0.05, 0) is 0 Å². The molecule has 0 aliphatic carbocycles. The van der Waals surface area contributed by atoms with Crippen molar-refractivity contribution < 1.29 is 18.2 Å². The standard InChI is InChI=1S/C5H3ClN.ClH.Pd/c6-5-2-1-3-7-4-5;;/h1-3H;1H;/q-1;;+2/p-1. The van der Waals surface area contributed by atoms with Crippen LogP contribution in [0.1, 0.15) is 0 Å². The number of nitrogens with zero attached hydrogens (tertiary/aromatic N) is 1. The fourth-order valence-electron chi connectivity index (χ4n) is 0.307. The van der Waals surface area contributed by atoms with Crippen LogP contribution < -0.4 is 0 Å². The van der Waals surface area contributed by atoms with Gasteiger partial charge in [0.05, 0.1) is 0 Å². The van der Waals surface area contributed by atoms with Gasteiger partial charge < -0.3 is 4.98 Å². The summed E-state index contributed by atoms with van der Waals surface area (Å²) in [5, 5.41) is 0.558. The number of hydrogen-bond acceptors (Lipinski definition) is 1. The van der Waals surface area contributed by atoms with Crippen molar-refractivity contribution in [3.63, 3.8) is 0 Å². The average Bonchev–Trinajstić information content (AvgIpc) is 1.94. The van der Waals surface area contributed by atoms with Crippen LogP contribution in [-0.2, 0) is 18.2 Å². The van der Waals surface area contributed by atoms with Crippen molar-refractivity contribution in [3.8, 4) is 0 Å². The average molecular weight is 254 g/mol. The van der Waals surface area contributed by atoms with Crippen LogP contribution in [0.5, 0.6) is 0 Å². The molecule has 52 valence electrons. The van der Waals surface area contributed by atoms with Gasteiger partial charge in [0, 0.05) is 0 Å². The van der Waals surface area contributed by atoms with Gasteiger partial charge in [0.1, 0.15) is 0 Å². The predicted molar refractivity (Wildman–Crippen MR) is 33.9 cm³/mol. The molecule has 0 bridgehead atoms. The summed E-state index contributed by atoms with van der Waals surface area (Å²) in [5.74, 6) is 0. The summed E-state index contributed by atoms with van der Waals surface area (Å²) in [6.45, 7) is 0. The summed E-state index contributed by atoms with van der Waals surface area (Å²) in [6, 6.07) is 3.49. The summed E-state index contributed by atoms with van der Waals surface area (Å²) in [7, 11) is 4.49. The van der Waals surface area contributed by atoms with Crippen molar-refractivity contribution in [3.05, 3.63) is 29.5 Å². The molecule has 0 amide bonds. The van der Waals surface area contributed by atoms with Gasteiger partial charge in [0.15, 0.2) is 0 Å². The molecule has 1 nitrogen and oxygen atoms in total. The second-order valence-electron chi connectivity index (χ2n) is 1.10. The van der Waals surface area contributed by atoms with Gasteiger partial charge in [0.2, 0.25) is 0 Å². The first-order valence-electron chi connectivity index (χ1n) is 2.00. The molecule has 9 heavy (non-hydrogen) atoms. The van der Waals surface area contributed by atoms with E-state index in [0.29, 0.717) is 5.02 Å². The number of rotatable bonds is 0. The minimum atomic E-state index is 0.558. The Balaban J connectivity index is 0.000000291. The Morgan fingerprint density at radius 1 is 1.56 bits per heavy atom. The Bertz CT molecular complexity index is 145. The Morgan fingerprint density at radius 2 is 2.22 bits per heavy atom. The Hall–Kier alpha value is 0.392. The molecule has 1 rings (SSSR count). The van der Waals surface area contributed by atoms with Gasteiger partial charge in [-0.1, -0.05) is 17.4 Å². The van der Waals surface area contributed by atoms with E-state index in [1.165, 1.54) is 0 Å². The van der Waals surface area contributed by atoms with Gasteiger partial charge in [0.25, 0.3) is 0 Å². The first-order valence-corrected chi connectivity index (χ1v) is 4.38. The van der Waals surface area contributed by atoms with Crippen molar-refractivity contribution in [1.29, 1.82) is 0 Å². The van der Waals surface area contributed by atoms with Gasteiger partial charge in [-0.25, -0.2) is 0 Å². The van der Waals surface area contributed by atoms with E-state index in [9.17, 15) is 0 Å². The summed E-state index contributed by atoms with van der Waals surface area (Å²) >= 11 is 7.64. The van der Waals surface area contributed by atoms with Crippen LogP contribution in [0.25, 0.3) is 0 Å². The number of aromatic nitrogens is 1. The first-order chi connectivity index (χ1) is 4.39. The van der Waals surface area contributed by atoms with Crippen molar-refractivity contribution in [1.82, 2.24) is 4.98 Å². The van der Waals surface area contributed by atoms with Crippen LogP contribution in [0.4, 0.5) is 0 Å². The van der Waals surface area contributed by atoms with Crippen LogP contribution in [0.15, 0.2) is 18.3 Å². The first kappa shape index (κ1) is 9.39. The Morgan fingerprint density at radius 3 is 2.44 bits per heavy atom. The zero-order valence-electron chi connectivity index (χ0n) is 4.25. The molecule has 4 heteroatoms. The summed E-state index contributed by atoms with van der Waals surface area (Å²) in [4.78, 5) is 3.63. The molecule has 0 saturated heterocycles. The SMILES string of the molecule is Clc1[c-]nccc1.[Cl][Pd+]. The van der Waals surface area contributed by atoms with Crippen LogP contribution in [0.3, 0.4) is 0 Å². The molecule has 1 aromatic rings. The van der Waals surface area contributed by atoms with E-state index >= 15 is 0 Å². The molecule has 0 N–H and O–H groups in total. The molecule has 0 saturated carbocycles. The topological polar surface area (TPSA) is 12.9 Å². The molecule has 1 heterocycles. The second-order valence-corrected chi connectivity index (χ2v) is 1.50. The van der Waals surface area contributed by atoms with E-state index in [2.05, 4.69) is 38.9 Å². The summed E-state index contributed by atoms with van der Waals surface area (Å²) in [6.07, 6.45) is 4.18. The Labute approximate surface area is 73.8 Å². The molecule has 0 spiro atoms. The van der Waals surface area contributed by atoms with E-state index in [4.69, 9.17) is 11.6 Å². The van der Waals surface area contributed by atoms with Crippen LogP contribution in [0.2, 0.25) is 5.02 Å². The summed E-state index contributed by atoms with van der Waals surface area (Å²) in [5.41, 5.74) is 0. The van der Waals surface area contributed by atoms with Crippen LogP contribution in [0, 0.1) is 6.20 Å². The maximum absolute atomic E-state index is 5.42. The van der Waals surface area contributed by atoms with Crippen LogP contribution in [-0.4, -0.2) is 4.98 Å². The molecule has 0 aliphatic rings. The van der Waals surface area contributed by atoms with Gasteiger partial charge in [-0.3, -0.25) is 0 Å². The minimum absolute atomic E-state index is 0.558. The van der Waals surface area contributed by atoms with Crippen molar-refractivity contribution in [2.24, 2.45) is 0 Å². The van der Waals surface area contributed by atoms with E-state index in [1.807, 2.05) is 0 Å². The van der Waals surface area contributed by atoms with E-state index in [1.54, 1.807) is 18.3 Å². The number of halogens is 2. The van der Waals surface area contributed by atoms with E-state index in [0.717, 1.165) is 0 Å². The molecule has 0 atom stereocenters. The third-order valence-electron chi connectivity index (χ3n) is 0.575. The molecule has 0 unspecified atom stereocenters. The third kappa shape index (κ3) is 4.87. The van der Waals surface area contributed by atoms with Gasteiger partial charge in [-0.15, -0.1) is 17.7 Å². The zero-order valence-corrected chi connectivity index (χ0v) is 7.32. The molecule has 0 aliphatic heterocycles. The fraction of sp³-hybridized carbons (Fsp3) is 0. The van der Waals surface area contributed by atoms with Gasteiger partial charge in [-0.2, -0.15) is 6.07 Å². The van der Waals surface area contributed by atoms with Crippen molar-refractivity contribution in [2.75, 3.05) is 0 Å². The molecule has 0 fully saturated rings. The maximum atomic E-state index is 5.42. The fourth-order valence-corrected chi connectivity index (χ4v) is 0.428. The van der Waals surface area contributed by atoms with E-state index in [-0.39, 0.29) is 0 Å². The third-order valence-corrected chi connectivity index (χ3v) is 0.785. The normalized spacial score (nSPS) is 7.56. The molecule has 1 aromatic heterocycles. The van der Waals surface area contributed by atoms with Gasteiger partial charge >= 0.3 is 27.7 Å². The number of hydrogen-bond donors (Lipinski definition) is 0. The quantitative estimate of drug-likeness (QED) is 0.511. The molecular weight excluding hydrogens is 251 g/mol. The molecule has 0 aromatic carbocycles. The van der Waals surface area contributed by atoms with Crippen molar-refractivity contribution in [2.45, 2.75) is 0 Å². The molecule has 0 radical (unpaired) electrons. The predicted octanol–water partition coefficient (Wildman–Crippen LogP) is 2.22. The monoisotopic (exact) mass is 253 g/mol. The number of pyridine rings is 1. The summed E-state index contributed by atoms with van der Waals surface area (Å²) < 4.78 is 0. The Kier molecular flexibility index (Phi) is 6.80. The van der Waals surface area contributed by atoms with Crippen molar-refractivity contribution >= 4 is 21.1 Å². The van der Waals surface area contributed by atoms with Crippen LogP contribution >= 0.6 is 21.1 Å². The second kappa shape index (κ2) is 6.51.